The first kappa shape index (κ1) is 17.5. The van der Waals surface area contributed by atoms with Gasteiger partial charge in [-0.1, -0.05) is 18.2 Å². The van der Waals surface area contributed by atoms with Gasteiger partial charge in [-0.15, -0.1) is 0 Å². The number of aromatic nitrogens is 2. The molecule has 4 rings (SSSR count). The molecule has 1 amide bonds. The third-order valence-corrected chi connectivity index (χ3v) is 5.24. The van der Waals surface area contributed by atoms with Crippen LogP contribution < -0.4 is 9.80 Å². The second-order valence-corrected chi connectivity index (χ2v) is 7.06. The van der Waals surface area contributed by atoms with Gasteiger partial charge in [0.15, 0.2) is 0 Å². The lowest BCUT2D eigenvalue weighted by molar-refractivity contribution is -0.137. The summed E-state index contributed by atoms with van der Waals surface area (Å²) < 4.78 is 0. The van der Waals surface area contributed by atoms with Crippen molar-refractivity contribution in [3.63, 3.8) is 0 Å². The Bertz CT molecular complexity index is 864. The molecule has 140 valence electrons. The zero-order valence-corrected chi connectivity index (χ0v) is 15.0. The van der Waals surface area contributed by atoms with Crippen LogP contribution in [0.25, 0.3) is 0 Å². The molecule has 27 heavy (non-hydrogen) atoms. The number of piperidine rings is 1. The Hall–Kier alpha value is -2.96. The van der Waals surface area contributed by atoms with Gasteiger partial charge in [-0.05, 0) is 37.0 Å². The number of fused-ring (bicyclic) bond motifs is 1. The number of para-hydroxylation sites is 1. The highest BCUT2D eigenvalue weighted by molar-refractivity contribution is 6.06. The van der Waals surface area contributed by atoms with Crippen LogP contribution in [0.15, 0.2) is 36.5 Å². The average molecular weight is 366 g/mol. The quantitative estimate of drug-likeness (QED) is 0.895. The van der Waals surface area contributed by atoms with E-state index in [1.807, 2.05) is 24.3 Å². The Morgan fingerprint density at radius 3 is 2.67 bits per heavy atom. The summed E-state index contributed by atoms with van der Waals surface area (Å²) in [6, 6.07) is 9.13. The highest BCUT2D eigenvalue weighted by Gasteiger charge is 2.34. The number of hydrogen-bond acceptors (Lipinski definition) is 5. The fourth-order valence-electron chi connectivity index (χ4n) is 3.93. The largest absolute Gasteiger partial charge is 0.481 e. The van der Waals surface area contributed by atoms with E-state index in [-0.39, 0.29) is 18.2 Å². The molecule has 0 spiro atoms. The number of aliphatic carboxylic acids is 1. The van der Waals surface area contributed by atoms with Gasteiger partial charge in [-0.3, -0.25) is 9.59 Å². The molecule has 0 aliphatic carbocycles. The number of anilines is 2. The third kappa shape index (κ3) is 3.49. The molecular formula is C20H22N4O3. The molecule has 1 fully saturated rings. The monoisotopic (exact) mass is 366 g/mol. The fourth-order valence-corrected chi connectivity index (χ4v) is 3.93. The van der Waals surface area contributed by atoms with Gasteiger partial charge in [-0.2, -0.15) is 0 Å². The van der Waals surface area contributed by atoms with Gasteiger partial charge in [-0.25, -0.2) is 9.97 Å². The topological polar surface area (TPSA) is 86.6 Å². The molecule has 2 aliphatic rings. The fraction of sp³-hybridized carbons (Fsp3) is 0.400. The van der Waals surface area contributed by atoms with Gasteiger partial charge in [0.2, 0.25) is 5.95 Å². The highest BCUT2D eigenvalue weighted by Crippen LogP contribution is 2.38. The van der Waals surface area contributed by atoms with E-state index < -0.39 is 5.97 Å². The molecule has 2 aromatic rings. The Balaban J connectivity index is 1.60. The van der Waals surface area contributed by atoms with E-state index in [1.54, 1.807) is 17.2 Å². The molecule has 7 heteroatoms. The van der Waals surface area contributed by atoms with Crippen molar-refractivity contribution in [3.8, 4) is 0 Å². The molecule has 2 aliphatic heterocycles. The molecule has 1 saturated heterocycles. The Labute approximate surface area is 157 Å². The number of rotatable bonds is 4. The Morgan fingerprint density at radius 2 is 1.89 bits per heavy atom. The normalized spacial score (nSPS) is 19.0. The van der Waals surface area contributed by atoms with E-state index in [9.17, 15) is 14.7 Å². The molecule has 1 N–H and O–H groups in total. The van der Waals surface area contributed by atoms with Crippen molar-refractivity contribution in [1.29, 1.82) is 0 Å². The van der Waals surface area contributed by atoms with Crippen LogP contribution in [0.4, 0.5) is 11.6 Å². The predicted octanol–water partition coefficient (Wildman–Crippen LogP) is 2.69. The van der Waals surface area contributed by atoms with Crippen LogP contribution in [0, 0.1) is 0 Å². The Morgan fingerprint density at radius 1 is 1.11 bits per heavy atom. The minimum Gasteiger partial charge on any atom is -0.481 e. The number of carbonyl (C=O) groups excluding carboxylic acids is 1. The second-order valence-electron chi connectivity index (χ2n) is 7.06. The minimum atomic E-state index is -0.862. The van der Waals surface area contributed by atoms with E-state index in [0.29, 0.717) is 18.2 Å². The van der Waals surface area contributed by atoms with Gasteiger partial charge < -0.3 is 14.9 Å². The van der Waals surface area contributed by atoms with Crippen molar-refractivity contribution in [2.24, 2.45) is 0 Å². The summed E-state index contributed by atoms with van der Waals surface area (Å²) in [5.41, 5.74) is 2.02. The van der Waals surface area contributed by atoms with E-state index >= 15 is 0 Å². The van der Waals surface area contributed by atoms with Crippen LogP contribution in [0.5, 0.6) is 0 Å². The molecule has 7 nitrogen and oxygen atoms in total. The maximum atomic E-state index is 13.1. The summed E-state index contributed by atoms with van der Waals surface area (Å²) in [5, 5.41) is 9.19. The van der Waals surface area contributed by atoms with Crippen molar-refractivity contribution in [2.75, 3.05) is 29.4 Å². The lowest BCUT2D eigenvalue weighted by Crippen LogP contribution is -2.33. The first-order chi connectivity index (χ1) is 13.1. The standard InChI is InChI=1S/C20H22N4O3/c25-18(26)12-14-13-24(17-7-3-2-6-15(14)17)19(27)16-8-9-21-20(22-16)23-10-4-1-5-11-23/h2-3,6-9,14H,1,4-5,10-13H2,(H,25,26). The SMILES string of the molecule is O=C(O)CC1CN(C(=O)c2ccnc(N3CCCCC3)n2)c2ccccc21. The van der Waals surface area contributed by atoms with Crippen molar-refractivity contribution in [1.82, 2.24) is 9.97 Å². The van der Waals surface area contributed by atoms with Crippen LogP contribution in [-0.4, -0.2) is 46.6 Å². The maximum absolute atomic E-state index is 13.1. The molecule has 0 saturated carbocycles. The second kappa shape index (κ2) is 7.34. The predicted molar refractivity (Wildman–Crippen MR) is 101 cm³/mol. The van der Waals surface area contributed by atoms with E-state index in [2.05, 4.69) is 14.9 Å². The molecule has 1 unspecified atom stereocenters. The molecule has 1 atom stereocenters. The van der Waals surface area contributed by atoms with Crippen LogP contribution in [0.2, 0.25) is 0 Å². The van der Waals surface area contributed by atoms with Crippen LogP contribution in [0.3, 0.4) is 0 Å². The first-order valence-electron chi connectivity index (χ1n) is 9.34. The Kier molecular flexibility index (Phi) is 4.75. The number of nitrogens with zero attached hydrogens (tertiary/aromatic N) is 4. The van der Waals surface area contributed by atoms with E-state index in [1.165, 1.54) is 6.42 Å². The minimum absolute atomic E-state index is 0.00357. The summed E-state index contributed by atoms with van der Waals surface area (Å²) >= 11 is 0. The summed E-state index contributed by atoms with van der Waals surface area (Å²) in [4.78, 5) is 37.0. The van der Waals surface area contributed by atoms with Crippen LogP contribution in [0.1, 0.15) is 47.7 Å². The molecule has 1 aromatic carbocycles. The lowest BCUT2D eigenvalue weighted by Gasteiger charge is -2.27. The molecule has 0 bridgehead atoms. The lowest BCUT2D eigenvalue weighted by atomic mass is 9.98. The summed E-state index contributed by atoms with van der Waals surface area (Å²) in [6.07, 6.45) is 5.06. The highest BCUT2D eigenvalue weighted by atomic mass is 16.4. The number of carboxylic acid groups (broad SMARTS) is 1. The zero-order valence-electron chi connectivity index (χ0n) is 15.0. The van der Waals surface area contributed by atoms with Crippen molar-refractivity contribution >= 4 is 23.5 Å². The third-order valence-electron chi connectivity index (χ3n) is 5.24. The van der Waals surface area contributed by atoms with E-state index in [4.69, 9.17) is 0 Å². The van der Waals surface area contributed by atoms with Crippen molar-refractivity contribution < 1.29 is 14.7 Å². The summed E-state index contributed by atoms with van der Waals surface area (Å²) in [7, 11) is 0. The van der Waals surface area contributed by atoms with Crippen LogP contribution >= 0.6 is 0 Å². The number of carboxylic acids is 1. The first-order valence-corrected chi connectivity index (χ1v) is 9.34. The summed E-state index contributed by atoms with van der Waals surface area (Å²) in [6.45, 7) is 2.17. The molecular weight excluding hydrogens is 344 g/mol. The number of carbonyl (C=O) groups is 2. The van der Waals surface area contributed by atoms with Gasteiger partial charge >= 0.3 is 5.97 Å². The van der Waals surface area contributed by atoms with Crippen molar-refractivity contribution in [2.45, 2.75) is 31.6 Å². The number of hydrogen-bond donors (Lipinski definition) is 1. The smallest absolute Gasteiger partial charge is 0.304 e. The zero-order chi connectivity index (χ0) is 18.8. The van der Waals surface area contributed by atoms with Crippen molar-refractivity contribution in [3.05, 3.63) is 47.8 Å². The van der Waals surface area contributed by atoms with Gasteiger partial charge in [0.25, 0.3) is 5.91 Å². The van der Waals surface area contributed by atoms with E-state index in [0.717, 1.165) is 37.2 Å². The number of benzene rings is 1. The maximum Gasteiger partial charge on any atom is 0.304 e. The van der Waals surface area contributed by atoms with Gasteiger partial charge in [0.05, 0.1) is 6.42 Å². The molecule has 1 aromatic heterocycles. The van der Waals surface area contributed by atoms with Gasteiger partial charge in [0, 0.05) is 37.4 Å². The van der Waals surface area contributed by atoms with Gasteiger partial charge in [0.1, 0.15) is 5.69 Å². The summed E-state index contributed by atoms with van der Waals surface area (Å²) in [5.74, 6) is -0.685. The molecule has 3 heterocycles. The number of amides is 1. The average Bonchev–Trinajstić information content (AvgIpc) is 3.06. The molecule has 0 radical (unpaired) electrons. The van der Waals surface area contributed by atoms with Crippen LogP contribution in [-0.2, 0) is 4.79 Å².